The molecule has 1 amide bonds. The Balaban J connectivity index is 1.58. The Kier molecular flexibility index (Phi) is 6.02. The van der Waals surface area contributed by atoms with Crippen molar-refractivity contribution >= 4 is 17.8 Å². The highest BCUT2D eigenvalue weighted by molar-refractivity contribution is 5.85. The van der Waals surface area contributed by atoms with Crippen molar-refractivity contribution in [2.45, 2.75) is 32.4 Å². The van der Waals surface area contributed by atoms with E-state index in [1.54, 1.807) is 6.21 Å². The van der Waals surface area contributed by atoms with Gasteiger partial charge in [0.25, 0.3) is 0 Å². The number of nitrogens with one attached hydrogen (secondary N) is 1. The minimum absolute atomic E-state index is 0.172. The third kappa shape index (κ3) is 5.12. The fourth-order valence-corrected chi connectivity index (χ4v) is 3.23. The van der Waals surface area contributed by atoms with E-state index in [9.17, 15) is 18.0 Å². The number of halogens is 3. The van der Waals surface area contributed by atoms with Crippen molar-refractivity contribution in [1.82, 2.24) is 5.43 Å². The van der Waals surface area contributed by atoms with Gasteiger partial charge in [0, 0.05) is 18.8 Å². The number of nitrogens with zero attached hydrogens (tertiary/aromatic N) is 2. The number of benzene rings is 2. The minimum atomic E-state index is -4.43. The molecule has 1 fully saturated rings. The molecule has 0 aromatic heterocycles. The summed E-state index contributed by atoms with van der Waals surface area (Å²) in [6, 6.07) is 10.8. The Bertz CT molecular complexity index is 871. The molecule has 1 heterocycles. The highest BCUT2D eigenvalue weighted by Gasteiger charge is 2.30. The number of hydrogen-bond acceptors (Lipinski definition) is 3. The first-order chi connectivity index (χ1) is 13.3. The number of rotatable bonds is 5. The van der Waals surface area contributed by atoms with Crippen LogP contribution >= 0.6 is 0 Å². The molecule has 0 saturated carbocycles. The van der Waals surface area contributed by atoms with Crippen LogP contribution in [0.4, 0.5) is 18.9 Å². The average Bonchev–Trinajstić information content (AvgIpc) is 3.17. The Morgan fingerprint density at radius 3 is 2.61 bits per heavy atom. The maximum Gasteiger partial charge on any atom is 0.416 e. The second-order valence-corrected chi connectivity index (χ2v) is 6.90. The molecule has 4 nitrogen and oxygen atoms in total. The number of aryl methyl sites for hydroxylation is 1. The molecule has 0 bridgehead atoms. The molecule has 1 aliphatic rings. The fraction of sp³-hybridized carbons (Fsp3) is 0.333. The van der Waals surface area contributed by atoms with E-state index < -0.39 is 17.6 Å². The summed E-state index contributed by atoms with van der Waals surface area (Å²) >= 11 is 0. The van der Waals surface area contributed by atoms with Crippen molar-refractivity contribution in [2.24, 2.45) is 5.10 Å². The van der Waals surface area contributed by atoms with Crippen LogP contribution in [0.5, 0.6) is 0 Å². The lowest BCUT2D eigenvalue weighted by molar-refractivity contribution is -0.137. The first-order valence-electron chi connectivity index (χ1n) is 9.16. The first-order valence-corrected chi connectivity index (χ1v) is 9.16. The second kappa shape index (κ2) is 8.46. The number of carbonyl (C=O) groups is 1. The lowest BCUT2D eigenvalue weighted by Crippen LogP contribution is -2.20. The average molecular weight is 389 g/mol. The van der Waals surface area contributed by atoms with Gasteiger partial charge in [-0.15, -0.1) is 0 Å². The van der Waals surface area contributed by atoms with Crippen LogP contribution < -0.4 is 10.3 Å². The van der Waals surface area contributed by atoms with Crippen LogP contribution in [-0.2, 0) is 17.4 Å². The maximum atomic E-state index is 12.7. The van der Waals surface area contributed by atoms with Crippen molar-refractivity contribution in [1.29, 1.82) is 0 Å². The Labute approximate surface area is 162 Å². The third-order valence-corrected chi connectivity index (χ3v) is 4.74. The van der Waals surface area contributed by atoms with Crippen molar-refractivity contribution in [2.75, 3.05) is 18.0 Å². The molecule has 3 rings (SSSR count). The molecule has 0 radical (unpaired) electrons. The number of anilines is 1. The van der Waals surface area contributed by atoms with Crippen LogP contribution in [0, 0.1) is 6.92 Å². The third-order valence-electron chi connectivity index (χ3n) is 4.74. The Hall–Kier alpha value is -2.83. The summed E-state index contributed by atoms with van der Waals surface area (Å²) in [7, 11) is 0. The van der Waals surface area contributed by atoms with Gasteiger partial charge in [-0.25, -0.2) is 5.43 Å². The number of hydrazone groups is 1. The number of carbonyl (C=O) groups excluding carboxylic acids is 1. The molecule has 0 atom stereocenters. The SMILES string of the molecule is Cc1cc(N2CCCC2)ccc1/C=N/NC(=O)Cc1cccc(C(F)(F)F)c1. The summed E-state index contributed by atoms with van der Waals surface area (Å²) in [4.78, 5) is 14.3. The standard InChI is InChI=1S/C21H22F3N3O/c1-15-11-19(27-9-2-3-10-27)8-7-17(15)14-25-26-20(28)13-16-5-4-6-18(12-16)21(22,23)24/h4-8,11-12,14H,2-3,9-10,13H2,1H3,(H,26,28)/b25-14+. The highest BCUT2D eigenvalue weighted by Crippen LogP contribution is 2.29. The van der Waals surface area contributed by atoms with Crippen molar-refractivity contribution in [3.8, 4) is 0 Å². The molecular weight excluding hydrogens is 367 g/mol. The van der Waals surface area contributed by atoms with Crippen LogP contribution in [0.3, 0.4) is 0 Å². The van der Waals surface area contributed by atoms with Gasteiger partial charge in [-0.05, 0) is 54.7 Å². The van der Waals surface area contributed by atoms with E-state index in [1.807, 2.05) is 19.1 Å². The summed E-state index contributed by atoms with van der Waals surface area (Å²) in [6.07, 6.45) is -0.634. The van der Waals surface area contributed by atoms with Crippen LogP contribution in [0.15, 0.2) is 47.6 Å². The number of amides is 1. The summed E-state index contributed by atoms with van der Waals surface area (Å²) in [5.41, 5.74) is 4.99. The number of alkyl halides is 3. The molecule has 0 unspecified atom stereocenters. The van der Waals surface area contributed by atoms with Crippen molar-refractivity contribution < 1.29 is 18.0 Å². The van der Waals surface area contributed by atoms with Gasteiger partial charge in [-0.2, -0.15) is 18.3 Å². The van der Waals surface area contributed by atoms with E-state index in [4.69, 9.17) is 0 Å². The lowest BCUT2D eigenvalue weighted by atomic mass is 10.1. The Morgan fingerprint density at radius 1 is 1.18 bits per heavy atom. The van der Waals surface area contributed by atoms with Crippen molar-refractivity contribution in [3.63, 3.8) is 0 Å². The zero-order valence-electron chi connectivity index (χ0n) is 15.6. The first kappa shape index (κ1) is 19.9. The summed E-state index contributed by atoms with van der Waals surface area (Å²) in [6.45, 7) is 4.11. The van der Waals surface area contributed by atoms with Crippen LogP contribution in [0.2, 0.25) is 0 Å². The van der Waals surface area contributed by atoms with E-state index in [0.717, 1.165) is 36.3 Å². The fourth-order valence-electron chi connectivity index (χ4n) is 3.23. The number of hydrogen-bond donors (Lipinski definition) is 1. The zero-order valence-corrected chi connectivity index (χ0v) is 15.6. The largest absolute Gasteiger partial charge is 0.416 e. The van der Waals surface area contributed by atoms with Crippen LogP contribution in [0.1, 0.15) is 35.1 Å². The smallest absolute Gasteiger partial charge is 0.372 e. The molecule has 2 aromatic carbocycles. The van der Waals surface area contributed by atoms with E-state index >= 15 is 0 Å². The van der Waals surface area contributed by atoms with Crippen molar-refractivity contribution in [3.05, 3.63) is 64.7 Å². The molecule has 7 heteroatoms. The monoisotopic (exact) mass is 389 g/mol. The second-order valence-electron chi connectivity index (χ2n) is 6.90. The molecule has 0 spiro atoms. The van der Waals surface area contributed by atoms with Gasteiger partial charge in [-0.1, -0.05) is 24.3 Å². The zero-order chi connectivity index (χ0) is 20.1. The molecule has 1 saturated heterocycles. The molecule has 28 heavy (non-hydrogen) atoms. The quantitative estimate of drug-likeness (QED) is 0.612. The molecule has 1 aliphatic heterocycles. The van der Waals surface area contributed by atoms with E-state index in [-0.39, 0.29) is 12.0 Å². The van der Waals surface area contributed by atoms with E-state index in [1.165, 1.54) is 30.7 Å². The van der Waals surface area contributed by atoms with Gasteiger partial charge in [-0.3, -0.25) is 4.79 Å². The predicted octanol–water partition coefficient (Wildman–Crippen LogP) is 4.31. The summed E-state index contributed by atoms with van der Waals surface area (Å²) in [5.74, 6) is -0.470. The highest BCUT2D eigenvalue weighted by atomic mass is 19.4. The molecule has 1 N–H and O–H groups in total. The topological polar surface area (TPSA) is 44.7 Å². The van der Waals surface area contributed by atoms with Crippen LogP contribution in [-0.4, -0.2) is 25.2 Å². The normalized spacial score (nSPS) is 14.6. The molecular formula is C21H22F3N3O. The minimum Gasteiger partial charge on any atom is -0.372 e. The van der Waals surface area contributed by atoms with Crippen LogP contribution in [0.25, 0.3) is 0 Å². The molecule has 0 aliphatic carbocycles. The van der Waals surface area contributed by atoms with Gasteiger partial charge in [0.05, 0.1) is 18.2 Å². The van der Waals surface area contributed by atoms with Gasteiger partial charge >= 0.3 is 6.18 Å². The summed E-state index contributed by atoms with van der Waals surface area (Å²) in [5, 5.41) is 3.94. The summed E-state index contributed by atoms with van der Waals surface area (Å²) < 4.78 is 38.2. The lowest BCUT2D eigenvalue weighted by Gasteiger charge is -2.18. The Morgan fingerprint density at radius 2 is 1.93 bits per heavy atom. The van der Waals surface area contributed by atoms with Gasteiger partial charge in [0.2, 0.25) is 5.91 Å². The molecule has 2 aromatic rings. The van der Waals surface area contributed by atoms with E-state index in [0.29, 0.717) is 0 Å². The van der Waals surface area contributed by atoms with Gasteiger partial charge in [0.15, 0.2) is 0 Å². The maximum absolute atomic E-state index is 12.7. The van der Waals surface area contributed by atoms with Gasteiger partial charge < -0.3 is 4.90 Å². The molecule has 148 valence electrons. The van der Waals surface area contributed by atoms with E-state index in [2.05, 4.69) is 21.5 Å². The van der Waals surface area contributed by atoms with Gasteiger partial charge in [0.1, 0.15) is 0 Å². The predicted molar refractivity (Wildman–Crippen MR) is 104 cm³/mol.